The zero-order valence-electron chi connectivity index (χ0n) is 10.8. The second-order valence-electron chi connectivity index (χ2n) is 4.97. The lowest BCUT2D eigenvalue weighted by Gasteiger charge is -2.13. The summed E-state index contributed by atoms with van der Waals surface area (Å²) in [5, 5.41) is 0. The van der Waals surface area contributed by atoms with Crippen molar-refractivity contribution in [2.45, 2.75) is 18.8 Å². The highest BCUT2D eigenvalue weighted by Crippen LogP contribution is 2.29. The van der Waals surface area contributed by atoms with Gasteiger partial charge in [0.15, 0.2) is 5.78 Å². The number of hydrogen-bond acceptors (Lipinski definition) is 2. The summed E-state index contributed by atoms with van der Waals surface area (Å²) in [6.07, 6.45) is 0.920. The molecule has 2 aromatic carbocycles. The summed E-state index contributed by atoms with van der Waals surface area (Å²) in [6, 6.07) is 12.9. The highest BCUT2D eigenvalue weighted by molar-refractivity contribution is 6.16. The van der Waals surface area contributed by atoms with Crippen molar-refractivity contribution in [3.05, 3.63) is 71.0 Å². The molecule has 1 aliphatic carbocycles. The van der Waals surface area contributed by atoms with Crippen LogP contribution in [0, 0.1) is 5.82 Å². The molecule has 0 aliphatic heterocycles. The number of carbonyl (C=O) groups excluding carboxylic acids is 2. The molecule has 0 radical (unpaired) electrons. The van der Waals surface area contributed by atoms with Gasteiger partial charge in [0.05, 0.1) is 0 Å². The van der Waals surface area contributed by atoms with Crippen LogP contribution in [0.5, 0.6) is 0 Å². The first kappa shape index (κ1) is 12.7. The van der Waals surface area contributed by atoms with Crippen molar-refractivity contribution in [1.29, 1.82) is 0 Å². The highest BCUT2D eigenvalue weighted by atomic mass is 19.1. The molecule has 0 N–H and O–H groups in total. The fourth-order valence-electron chi connectivity index (χ4n) is 2.68. The monoisotopic (exact) mass is 268 g/mol. The third-order valence-corrected chi connectivity index (χ3v) is 3.71. The summed E-state index contributed by atoms with van der Waals surface area (Å²) < 4.78 is 13.0. The molecule has 0 fully saturated rings. The minimum absolute atomic E-state index is 0.0993. The molecule has 100 valence electrons. The van der Waals surface area contributed by atoms with Gasteiger partial charge < -0.3 is 0 Å². The number of rotatable bonds is 1. The maximum absolute atomic E-state index is 13.0. The number of Topliss-reactive ketones (excluding diaryl/α,β-unsaturated/α-hetero) is 2. The lowest BCUT2D eigenvalue weighted by atomic mass is 9.88. The van der Waals surface area contributed by atoms with Gasteiger partial charge in [-0.05, 0) is 29.7 Å². The van der Waals surface area contributed by atoms with Crippen molar-refractivity contribution in [1.82, 2.24) is 0 Å². The molecule has 0 bridgehead atoms. The first-order valence-corrected chi connectivity index (χ1v) is 6.57. The van der Waals surface area contributed by atoms with Crippen LogP contribution in [0.3, 0.4) is 0 Å². The average molecular weight is 268 g/mol. The molecule has 1 unspecified atom stereocenters. The fourth-order valence-corrected chi connectivity index (χ4v) is 2.68. The van der Waals surface area contributed by atoms with Gasteiger partial charge in [-0.15, -0.1) is 0 Å². The van der Waals surface area contributed by atoms with Gasteiger partial charge in [-0.3, -0.25) is 9.59 Å². The third kappa shape index (κ3) is 2.16. The lowest BCUT2D eigenvalue weighted by Crippen LogP contribution is -2.20. The van der Waals surface area contributed by atoms with E-state index in [9.17, 15) is 14.0 Å². The Hall–Kier alpha value is -2.29. The summed E-state index contributed by atoms with van der Waals surface area (Å²) in [5.74, 6) is -1.46. The van der Waals surface area contributed by atoms with E-state index in [0.29, 0.717) is 24.0 Å². The van der Waals surface area contributed by atoms with Crippen LogP contribution in [0.25, 0.3) is 0 Å². The Kier molecular flexibility index (Phi) is 3.18. The largest absolute Gasteiger partial charge is 0.298 e. The molecule has 0 spiro atoms. The number of aryl methyl sites for hydroxylation is 1. The van der Waals surface area contributed by atoms with E-state index in [0.717, 1.165) is 5.56 Å². The van der Waals surface area contributed by atoms with Crippen molar-refractivity contribution in [3.63, 3.8) is 0 Å². The van der Waals surface area contributed by atoms with Gasteiger partial charge >= 0.3 is 0 Å². The Balaban J connectivity index is 2.08. The zero-order valence-corrected chi connectivity index (χ0v) is 10.8. The number of ketones is 2. The van der Waals surface area contributed by atoms with Gasteiger partial charge in [0.25, 0.3) is 0 Å². The normalized spacial score (nSPS) is 18.6. The zero-order chi connectivity index (χ0) is 14.1. The molecule has 2 nitrogen and oxygen atoms in total. The Labute approximate surface area is 116 Å². The van der Waals surface area contributed by atoms with Gasteiger partial charge in [-0.25, -0.2) is 4.39 Å². The molecular weight excluding hydrogens is 255 g/mol. The molecule has 0 heterocycles. The van der Waals surface area contributed by atoms with Crippen LogP contribution in [-0.2, 0) is 11.2 Å². The maximum Gasteiger partial charge on any atom is 0.178 e. The van der Waals surface area contributed by atoms with Crippen LogP contribution in [0.2, 0.25) is 0 Å². The molecule has 0 amide bonds. The van der Waals surface area contributed by atoms with Crippen LogP contribution < -0.4 is 0 Å². The molecule has 0 saturated carbocycles. The summed E-state index contributed by atoms with van der Waals surface area (Å²) in [5.41, 5.74) is 2.08. The van der Waals surface area contributed by atoms with Gasteiger partial charge in [-0.1, -0.05) is 36.4 Å². The number of halogens is 1. The lowest BCUT2D eigenvalue weighted by molar-refractivity contribution is -0.119. The van der Waals surface area contributed by atoms with Crippen molar-refractivity contribution < 1.29 is 14.0 Å². The van der Waals surface area contributed by atoms with E-state index < -0.39 is 5.92 Å². The van der Waals surface area contributed by atoms with Crippen molar-refractivity contribution in [2.24, 2.45) is 0 Å². The van der Waals surface area contributed by atoms with E-state index in [1.807, 2.05) is 12.1 Å². The predicted octanol–water partition coefficient (Wildman–Crippen LogP) is 3.31. The fraction of sp³-hybridized carbons (Fsp3) is 0.176. The van der Waals surface area contributed by atoms with Crippen molar-refractivity contribution in [3.8, 4) is 0 Å². The van der Waals surface area contributed by atoms with Crippen LogP contribution >= 0.6 is 0 Å². The molecule has 20 heavy (non-hydrogen) atoms. The second kappa shape index (κ2) is 5.00. The van der Waals surface area contributed by atoms with Crippen molar-refractivity contribution in [2.75, 3.05) is 0 Å². The first-order valence-electron chi connectivity index (χ1n) is 6.57. The molecule has 1 atom stereocenters. The number of hydrogen-bond donors (Lipinski definition) is 0. The van der Waals surface area contributed by atoms with Gasteiger partial charge in [-0.2, -0.15) is 0 Å². The summed E-state index contributed by atoms with van der Waals surface area (Å²) in [4.78, 5) is 24.9. The third-order valence-electron chi connectivity index (χ3n) is 3.71. The van der Waals surface area contributed by atoms with Crippen LogP contribution in [-0.4, -0.2) is 11.6 Å². The van der Waals surface area contributed by atoms with Crippen molar-refractivity contribution >= 4 is 11.6 Å². The Morgan fingerprint density at radius 3 is 2.35 bits per heavy atom. The van der Waals surface area contributed by atoms with Crippen LogP contribution in [0.4, 0.5) is 4.39 Å². The van der Waals surface area contributed by atoms with Gasteiger partial charge in [0, 0.05) is 12.0 Å². The SMILES string of the molecule is O=C1CCc2ccccc2C(=O)C1c1ccc(F)cc1. The molecule has 0 aromatic heterocycles. The van der Waals surface area contributed by atoms with E-state index in [-0.39, 0.29) is 17.4 Å². The Morgan fingerprint density at radius 1 is 0.900 bits per heavy atom. The van der Waals surface area contributed by atoms with E-state index in [1.54, 1.807) is 12.1 Å². The molecule has 2 aromatic rings. The van der Waals surface area contributed by atoms with Crippen LogP contribution in [0.15, 0.2) is 48.5 Å². The Morgan fingerprint density at radius 2 is 1.60 bits per heavy atom. The number of fused-ring (bicyclic) bond motifs is 1. The first-order chi connectivity index (χ1) is 9.66. The highest BCUT2D eigenvalue weighted by Gasteiger charge is 2.32. The van der Waals surface area contributed by atoms with E-state index in [1.165, 1.54) is 24.3 Å². The van der Waals surface area contributed by atoms with Gasteiger partial charge in [0.1, 0.15) is 17.5 Å². The summed E-state index contributed by atoms with van der Waals surface area (Å²) in [7, 11) is 0. The summed E-state index contributed by atoms with van der Waals surface area (Å²) in [6.45, 7) is 0. The minimum Gasteiger partial charge on any atom is -0.298 e. The molecular formula is C17H13FO2. The standard InChI is InChI=1S/C17H13FO2/c18-13-8-5-12(6-9-13)16-15(19)10-7-11-3-1-2-4-14(11)17(16)20/h1-6,8-9,16H,7,10H2. The molecule has 1 aliphatic rings. The maximum atomic E-state index is 13.0. The topological polar surface area (TPSA) is 34.1 Å². The average Bonchev–Trinajstić information content (AvgIpc) is 2.59. The predicted molar refractivity (Wildman–Crippen MR) is 73.2 cm³/mol. The quantitative estimate of drug-likeness (QED) is 0.587. The molecule has 0 saturated heterocycles. The smallest absolute Gasteiger partial charge is 0.178 e. The number of carbonyl (C=O) groups is 2. The van der Waals surface area contributed by atoms with E-state index in [4.69, 9.17) is 0 Å². The van der Waals surface area contributed by atoms with Gasteiger partial charge in [0.2, 0.25) is 0 Å². The van der Waals surface area contributed by atoms with E-state index in [2.05, 4.69) is 0 Å². The summed E-state index contributed by atoms with van der Waals surface area (Å²) >= 11 is 0. The molecule has 3 heteroatoms. The second-order valence-corrected chi connectivity index (χ2v) is 4.97. The minimum atomic E-state index is -0.806. The van der Waals surface area contributed by atoms with Crippen LogP contribution in [0.1, 0.15) is 33.8 Å². The Bertz CT molecular complexity index is 674. The number of benzene rings is 2. The van der Waals surface area contributed by atoms with E-state index >= 15 is 0 Å². The molecule has 3 rings (SSSR count).